The quantitative estimate of drug-likeness (QED) is 0.508. The highest BCUT2D eigenvalue weighted by Crippen LogP contribution is 2.08. The Bertz CT molecular complexity index is 462. The van der Waals surface area contributed by atoms with Crippen LogP contribution in [0, 0.1) is 0 Å². The largest absolute Gasteiger partial charge is 0.497 e. The first-order chi connectivity index (χ1) is 9.31. The van der Waals surface area contributed by atoms with Gasteiger partial charge in [0.15, 0.2) is 0 Å². The molecule has 102 valence electrons. The van der Waals surface area contributed by atoms with Gasteiger partial charge in [0, 0.05) is 0 Å². The van der Waals surface area contributed by atoms with Crippen LogP contribution in [0.3, 0.4) is 0 Å². The lowest BCUT2D eigenvalue weighted by Crippen LogP contribution is -1.89. The van der Waals surface area contributed by atoms with E-state index in [2.05, 4.69) is 24.2 Å². The van der Waals surface area contributed by atoms with E-state index < -0.39 is 0 Å². The Morgan fingerprint density at radius 2 is 2.11 bits per heavy atom. The summed E-state index contributed by atoms with van der Waals surface area (Å²) in [5, 5.41) is 11.3. The van der Waals surface area contributed by atoms with Gasteiger partial charge in [-0.1, -0.05) is 42.4 Å². The molecule has 0 heterocycles. The second-order valence-corrected chi connectivity index (χ2v) is 4.09. The Hall–Kier alpha value is -2.03. The standard InChI is InChI=1S/C9H11NO.C7H10O/c1-2-8-5-3-4-6-9(8)7-10-11;1-8-7-5-3-2-4-6-7/h3-7,11H,2H2,1H3;3,5-6H,2,4H2,1H3. The Balaban J connectivity index is 0.000000200. The van der Waals surface area contributed by atoms with Crippen molar-refractivity contribution in [3.8, 4) is 0 Å². The average molecular weight is 259 g/mol. The van der Waals surface area contributed by atoms with Crippen LogP contribution >= 0.6 is 0 Å². The molecule has 0 saturated carbocycles. The number of hydrogen-bond acceptors (Lipinski definition) is 3. The van der Waals surface area contributed by atoms with Gasteiger partial charge in [0.05, 0.1) is 13.3 Å². The van der Waals surface area contributed by atoms with Crippen LogP contribution in [0.2, 0.25) is 0 Å². The molecule has 0 saturated heterocycles. The first-order valence-corrected chi connectivity index (χ1v) is 6.47. The molecule has 19 heavy (non-hydrogen) atoms. The van der Waals surface area contributed by atoms with Crippen molar-refractivity contribution in [3.63, 3.8) is 0 Å². The minimum atomic E-state index is 0.961. The molecule has 1 N–H and O–H groups in total. The fourth-order valence-electron chi connectivity index (χ4n) is 1.79. The molecule has 3 nitrogen and oxygen atoms in total. The van der Waals surface area contributed by atoms with Crippen molar-refractivity contribution in [2.45, 2.75) is 26.2 Å². The highest BCUT2D eigenvalue weighted by atomic mass is 16.5. The van der Waals surface area contributed by atoms with Crippen molar-refractivity contribution < 1.29 is 9.94 Å². The molecule has 2 rings (SSSR count). The molecule has 0 spiro atoms. The molecule has 0 amide bonds. The third-order valence-electron chi connectivity index (χ3n) is 2.83. The van der Waals surface area contributed by atoms with Crippen LogP contribution in [0.15, 0.2) is 53.4 Å². The molecular weight excluding hydrogens is 238 g/mol. The topological polar surface area (TPSA) is 41.8 Å². The van der Waals surface area contributed by atoms with E-state index >= 15 is 0 Å². The van der Waals surface area contributed by atoms with Crippen molar-refractivity contribution in [3.05, 3.63) is 59.4 Å². The van der Waals surface area contributed by atoms with Gasteiger partial charge in [-0.3, -0.25) is 0 Å². The average Bonchev–Trinajstić information content (AvgIpc) is 2.49. The lowest BCUT2D eigenvalue weighted by molar-refractivity contribution is 0.303. The number of allylic oxidation sites excluding steroid dienone is 3. The van der Waals surface area contributed by atoms with E-state index in [-0.39, 0.29) is 0 Å². The van der Waals surface area contributed by atoms with Gasteiger partial charge in [0.1, 0.15) is 5.76 Å². The summed E-state index contributed by atoms with van der Waals surface area (Å²) in [7, 11) is 1.70. The zero-order valence-electron chi connectivity index (χ0n) is 11.5. The Labute approximate surface area is 114 Å². The highest BCUT2D eigenvalue weighted by Gasteiger charge is 1.94. The van der Waals surface area contributed by atoms with Crippen LogP contribution in [-0.2, 0) is 11.2 Å². The maximum atomic E-state index is 8.31. The van der Waals surface area contributed by atoms with Gasteiger partial charge in [0.25, 0.3) is 0 Å². The number of ether oxygens (including phenoxy) is 1. The second-order valence-electron chi connectivity index (χ2n) is 4.09. The van der Waals surface area contributed by atoms with E-state index in [1.807, 2.05) is 30.3 Å². The van der Waals surface area contributed by atoms with Crippen LogP contribution in [0.25, 0.3) is 0 Å². The summed E-state index contributed by atoms with van der Waals surface area (Å²) in [5.41, 5.74) is 2.18. The third kappa shape index (κ3) is 5.42. The van der Waals surface area contributed by atoms with Gasteiger partial charge < -0.3 is 9.94 Å². The van der Waals surface area contributed by atoms with E-state index in [1.165, 1.54) is 11.8 Å². The number of rotatable bonds is 3. The lowest BCUT2D eigenvalue weighted by atomic mass is 10.1. The van der Waals surface area contributed by atoms with Crippen LogP contribution in [0.5, 0.6) is 0 Å². The number of nitrogens with zero attached hydrogens (tertiary/aromatic N) is 1. The SMILES string of the molecule is CCc1ccccc1C=NO.COC1=CCCC=C1. The molecule has 0 atom stereocenters. The summed E-state index contributed by atoms with van der Waals surface area (Å²) in [6, 6.07) is 7.86. The number of aryl methyl sites for hydroxylation is 1. The van der Waals surface area contributed by atoms with E-state index in [0.29, 0.717) is 0 Å². The summed E-state index contributed by atoms with van der Waals surface area (Å²) in [6.07, 6.45) is 10.9. The summed E-state index contributed by atoms with van der Waals surface area (Å²) < 4.78 is 4.97. The third-order valence-corrected chi connectivity index (χ3v) is 2.83. The normalized spacial score (nSPS) is 13.7. The van der Waals surface area contributed by atoms with Gasteiger partial charge >= 0.3 is 0 Å². The summed E-state index contributed by atoms with van der Waals surface area (Å²) in [5.74, 6) is 0.997. The fraction of sp³-hybridized carbons (Fsp3) is 0.312. The maximum absolute atomic E-state index is 8.31. The number of methoxy groups -OCH3 is 1. The Kier molecular flexibility index (Phi) is 7.10. The zero-order chi connectivity index (χ0) is 13.9. The highest BCUT2D eigenvalue weighted by molar-refractivity contribution is 5.81. The van der Waals surface area contributed by atoms with Gasteiger partial charge in [-0.25, -0.2) is 0 Å². The van der Waals surface area contributed by atoms with Crippen molar-refractivity contribution in [1.82, 2.24) is 0 Å². The summed E-state index contributed by atoms with van der Waals surface area (Å²) >= 11 is 0. The lowest BCUT2D eigenvalue weighted by Gasteiger charge is -2.02. The Morgan fingerprint density at radius 1 is 1.32 bits per heavy atom. The predicted molar refractivity (Wildman–Crippen MR) is 78.7 cm³/mol. The molecule has 1 aromatic rings. The van der Waals surface area contributed by atoms with E-state index in [4.69, 9.17) is 9.94 Å². The Morgan fingerprint density at radius 3 is 2.63 bits per heavy atom. The molecule has 0 aliphatic heterocycles. The molecule has 1 aliphatic carbocycles. The second kappa shape index (κ2) is 8.97. The zero-order valence-corrected chi connectivity index (χ0v) is 11.5. The maximum Gasteiger partial charge on any atom is 0.114 e. The van der Waals surface area contributed by atoms with E-state index in [9.17, 15) is 0 Å². The van der Waals surface area contributed by atoms with Crippen LogP contribution in [0.1, 0.15) is 30.9 Å². The van der Waals surface area contributed by atoms with Crippen LogP contribution in [-0.4, -0.2) is 18.5 Å². The van der Waals surface area contributed by atoms with Gasteiger partial charge in [-0.2, -0.15) is 0 Å². The van der Waals surface area contributed by atoms with Crippen molar-refractivity contribution >= 4 is 6.21 Å². The predicted octanol–water partition coefficient (Wildman–Crippen LogP) is 3.92. The van der Waals surface area contributed by atoms with Crippen molar-refractivity contribution in [2.75, 3.05) is 7.11 Å². The smallest absolute Gasteiger partial charge is 0.114 e. The van der Waals surface area contributed by atoms with E-state index in [1.54, 1.807) is 7.11 Å². The molecule has 0 radical (unpaired) electrons. The fourth-order valence-corrected chi connectivity index (χ4v) is 1.79. The van der Waals surface area contributed by atoms with Crippen LogP contribution in [0.4, 0.5) is 0 Å². The number of hydrogen-bond donors (Lipinski definition) is 1. The molecule has 1 aromatic carbocycles. The number of benzene rings is 1. The van der Waals surface area contributed by atoms with Crippen LogP contribution < -0.4 is 0 Å². The van der Waals surface area contributed by atoms with Crippen molar-refractivity contribution in [2.24, 2.45) is 5.16 Å². The van der Waals surface area contributed by atoms with Crippen molar-refractivity contribution in [1.29, 1.82) is 0 Å². The molecular formula is C16H21NO2. The minimum absolute atomic E-state index is 0.961. The first kappa shape index (κ1) is 15.0. The first-order valence-electron chi connectivity index (χ1n) is 6.47. The minimum Gasteiger partial charge on any atom is -0.497 e. The molecule has 3 heteroatoms. The molecule has 1 aliphatic rings. The molecule has 0 aromatic heterocycles. The van der Waals surface area contributed by atoms with Gasteiger partial charge in [0.2, 0.25) is 0 Å². The summed E-state index contributed by atoms with van der Waals surface area (Å²) in [6.45, 7) is 2.07. The monoisotopic (exact) mass is 259 g/mol. The molecule has 0 bridgehead atoms. The number of oxime groups is 1. The molecule has 0 unspecified atom stereocenters. The van der Waals surface area contributed by atoms with Gasteiger partial charge in [-0.05, 0) is 42.5 Å². The van der Waals surface area contributed by atoms with Gasteiger partial charge in [-0.15, -0.1) is 0 Å². The molecule has 0 fully saturated rings. The summed E-state index contributed by atoms with van der Waals surface area (Å²) in [4.78, 5) is 0. The van der Waals surface area contributed by atoms with E-state index in [0.717, 1.165) is 30.6 Å².